The summed E-state index contributed by atoms with van der Waals surface area (Å²) in [5.74, 6) is -0.0995. The van der Waals surface area contributed by atoms with Gasteiger partial charge in [0.05, 0.1) is 6.04 Å². The smallest absolute Gasteiger partial charge is 0.262 e. The molecule has 0 bridgehead atoms. The number of nitrogens with zero attached hydrogens (tertiary/aromatic N) is 1. The molecule has 2 atom stereocenters. The highest BCUT2D eigenvalue weighted by molar-refractivity contribution is 7.09. The van der Waals surface area contributed by atoms with Crippen LogP contribution in [0.1, 0.15) is 6.92 Å². The summed E-state index contributed by atoms with van der Waals surface area (Å²) in [7, 11) is 5.29. The molecule has 0 spiro atoms. The lowest BCUT2D eigenvalue weighted by Gasteiger charge is -2.17. The number of rotatable bonds is 3. The van der Waals surface area contributed by atoms with Crippen molar-refractivity contribution in [3.05, 3.63) is 0 Å². The second-order valence-corrected chi connectivity index (χ2v) is 2.16. The minimum Gasteiger partial charge on any atom is -0.309 e. The Morgan fingerprint density at radius 3 is 2.60 bits per heavy atom. The van der Waals surface area contributed by atoms with Crippen LogP contribution in [-0.2, 0) is 9.42 Å². The Morgan fingerprint density at radius 1 is 1.80 bits per heavy atom. The summed E-state index contributed by atoms with van der Waals surface area (Å²) in [5.41, 5.74) is 0. The molecule has 2 unspecified atom stereocenters. The lowest BCUT2D eigenvalue weighted by Crippen LogP contribution is -2.40. The van der Waals surface area contributed by atoms with E-state index < -0.39 is 0 Å². The minimum absolute atomic E-state index is 0.0995. The molecule has 4 nitrogen and oxygen atoms in total. The first kappa shape index (κ1) is 9.82. The number of carbonyl (C=O) groups is 1. The molecule has 5 heteroatoms. The quantitative estimate of drug-likeness (QED) is 0.463. The van der Waals surface area contributed by atoms with E-state index >= 15 is 0 Å². The van der Waals surface area contributed by atoms with E-state index in [1.54, 1.807) is 21.0 Å². The van der Waals surface area contributed by atoms with Crippen molar-refractivity contribution in [3.8, 4) is 0 Å². The van der Waals surface area contributed by atoms with Crippen LogP contribution in [0.2, 0.25) is 0 Å². The van der Waals surface area contributed by atoms with Crippen LogP contribution in [0, 0.1) is 0 Å². The summed E-state index contributed by atoms with van der Waals surface area (Å²) in [6.07, 6.45) is 0. The highest BCUT2D eigenvalue weighted by atomic mass is 31.0. The lowest BCUT2D eigenvalue weighted by molar-refractivity contribution is -0.152. The predicted molar refractivity (Wildman–Crippen MR) is 42.1 cm³/mol. The number of hydroxylamine groups is 2. The van der Waals surface area contributed by atoms with Crippen molar-refractivity contribution in [3.63, 3.8) is 0 Å². The van der Waals surface area contributed by atoms with Gasteiger partial charge in [-0.25, -0.2) is 5.06 Å². The van der Waals surface area contributed by atoms with E-state index in [0.29, 0.717) is 0 Å². The van der Waals surface area contributed by atoms with Crippen molar-refractivity contribution in [2.24, 2.45) is 0 Å². The zero-order valence-electron chi connectivity index (χ0n) is 6.42. The molecule has 0 rings (SSSR count). The summed E-state index contributed by atoms with van der Waals surface area (Å²) in [6.45, 7) is 1.77. The van der Waals surface area contributed by atoms with E-state index in [1.807, 2.05) is 9.47 Å². The van der Waals surface area contributed by atoms with Gasteiger partial charge in [0.25, 0.3) is 5.91 Å². The molecule has 0 radical (unpaired) electrons. The number of amides is 1. The topological polar surface area (TPSA) is 41.6 Å². The van der Waals surface area contributed by atoms with Gasteiger partial charge in [-0.2, -0.15) is 0 Å². The van der Waals surface area contributed by atoms with Gasteiger partial charge in [0.15, 0.2) is 0 Å². The third-order valence-corrected chi connectivity index (χ3v) is 1.59. The van der Waals surface area contributed by atoms with Crippen LogP contribution in [0.4, 0.5) is 0 Å². The van der Waals surface area contributed by atoms with Gasteiger partial charge in [0, 0.05) is 16.5 Å². The first-order chi connectivity index (χ1) is 4.63. The fourth-order valence-corrected chi connectivity index (χ4v) is 0.552. The monoisotopic (exact) mass is 164 g/mol. The number of likely N-dealkylation sites (N-methyl/N-ethyl adjacent to an activating group) is 2. The molecule has 60 valence electrons. The van der Waals surface area contributed by atoms with Gasteiger partial charge in [-0.3, -0.25) is 9.42 Å². The van der Waals surface area contributed by atoms with Gasteiger partial charge in [0.1, 0.15) is 0 Å². The number of hydrogen-bond donors (Lipinski definition) is 1. The second-order valence-electron chi connectivity index (χ2n) is 1.95. The summed E-state index contributed by atoms with van der Waals surface area (Å²) in [5, 5.41) is 3.96. The number of hydrogen-bond acceptors (Lipinski definition) is 3. The van der Waals surface area contributed by atoms with E-state index in [4.69, 9.17) is 0 Å². The zero-order chi connectivity index (χ0) is 8.15. The van der Waals surface area contributed by atoms with Gasteiger partial charge >= 0.3 is 0 Å². The molecule has 1 N–H and O–H groups in total. The highest BCUT2D eigenvalue weighted by Gasteiger charge is 2.14. The molecule has 0 aliphatic carbocycles. The average molecular weight is 164 g/mol. The molecule has 0 aromatic rings. The van der Waals surface area contributed by atoms with Crippen molar-refractivity contribution >= 4 is 15.4 Å². The van der Waals surface area contributed by atoms with E-state index in [0.717, 1.165) is 5.06 Å². The largest absolute Gasteiger partial charge is 0.309 e. The molecule has 0 saturated heterocycles. The van der Waals surface area contributed by atoms with Crippen LogP contribution >= 0.6 is 9.47 Å². The van der Waals surface area contributed by atoms with Gasteiger partial charge in [-0.05, 0) is 14.0 Å². The third kappa shape index (κ3) is 2.60. The fourth-order valence-electron chi connectivity index (χ4n) is 0.448. The molecule has 0 fully saturated rings. The number of carbonyl (C=O) groups excluding carboxylic acids is 1. The van der Waals surface area contributed by atoms with Gasteiger partial charge in [-0.1, -0.05) is 0 Å². The zero-order valence-corrected chi connectivity index (χ0v) is 7.57. The Bertz CT molecular complexity index is 108. The maximum absolute atomic E-state index is 11.0. The SMILES string of the molecule is CNC(C)C(=O)N(C)OP. The maximum Gasteiger partial charge on any atom is 0.262 e. The van der Waals surface area contributed by atoms with Crippen LogP contribution in [0.15, 0.2) is 0 Å². The predicted octanol–water partition coefficient (Wildman–Crippen LogP) is -0.226. The normalized spacial score (nSPS) is 12.8. The molecule has 0 heterocycles. The first-order valence-corrected chi connectivity index (χ1v) is 3.42. The van der Waals surface area contributed by atoms with Crippen molar-refractivity contribution in [2.75, 3.05) is 14.1 Å². The Kier molecular flexibility index (Phi) is 4.52. The highest BCUT2D eigenvalue weighted by Crippen LogP contribution is 1.96. The Balaban J connectivity index is 3.82. The van der Waals surface area contributed by atoms with Crippen LogP contribution < -0.4 is 5.32 Å². The fraction of sp³-hybridized carbons (Fsp3) is 0.800. The molecule has 0 aromatic heterocycles. The minimum atomic E-state index is -0.203. The molecular formula is C5H13N2O2P. The average Bonchev–Trinajstić information content (AvgIpc) is 2.00. The summed E-state index contributed by atoms with van der Waals surface area (Å²) < 4.78 is 4.60. The summed E-state index contributed by atoms with van der Waals surface area (Å²) in [6, 6.07) is -0.203. The molecule has 0 aliphatic heterocycles. The van der Waals surface area contributed by atoms with E-state index in [2.05, 4.69) is 9.94 Å². The first-order valence-electron chi connectivity index (χ1n) is 2.95. The van der Waals surface area contributed by atoms with Crippen LogP contribution in [0.5, 0.6) is 0 Å². The van der Waals surface area contributed by atoms with Gasteiger partial charge < -0.3 is 5.32 Å². The van der Waals surface area contributed by atoms with Crippen molar-refractivity contribution < 1.29 is 9.42 Å². The van der Waals surface area contributed by atoms with E-state index in [-0.39, 0.29) is 11.9 Å². The summed E-state index contributed by atoms with van der Waals surface area (Å²) in [4.78, 5) is 11.0. The van der Waals surface area contributed by atoms with Crippen LogP contribution in [0.3, 0.4) is 0 Å². The second kappa shape index (κ2) is 4.61. The van der Waals surface area contributed by atoms with Crippen molar-refractivity contribution in [1.29, 1.82) is 0 Å². The van der Waals surface area contributed by atoms with Crippen LogP contribution in [0.25, 0.3) is 0 Å². The molecule has 1 amide bonds. The summed E-state index contributed by atoms with van der Waals surface area (Å²) >= 11 is 0. The Labute approximate surface area is 63.2 Å². The maximum atomic E-state index is 11.0. The molecule has 0 aliphatic rings. The van der Waals surface area contributed by atoms with E-state index in [9.17, 15) is 4.79 Å². The molecule has 0 saturated carbocycles. The van der Waals surface area contributed by atoms with E-state index in [1.165, 1.54) is 0 Å². The molecule has 0 aromatic carbocycles. The molecule has 10 heavy (non-hydrogen) atoms. The number of nitrogens with one attached hydrogen (secondary N) is 1. The Hall–Kier alpha value is -0.180. The Morgan fingerprint density at radius 2 is 2.30 bits per heavy atom. The lowest BCUT2D eigenvalue weighted by atomic mass is 10.3. The van der Waals surface area contributed by atoms with Crippen molar-refractivity contribution in [1.82, 2.24) is 10.4 Å². The molecular weight excluding hydrogens is 151 g/mol. The van der Waals surface area contributed by atoms with Crippen LogP contribution in [-0.4, -0.2) is 31.1 Å². The van der Waals surface area contributed by atoms with Gasteiger partial charge in [0.2, 0.25) is 0 Å². The third-order valence-electron chi connectivity index (χ3n) is 1.27. The van der Waals surface area contributed by atoms with Gasteiger partial charge in [-0.15, -0.1) is 0 Å². The standard InChI is InChI=1S/C5H13N2O2P/c1-4(6-2)5(8)7(3)9-10/h4,6H,10H2,1-3H3. The van der Waals surface area contributed by atoms with Crippen molar-refractivity contribution in [2.45, 2.75) is 13.0 Å².